The van der Waals surface area contributed by atoms with E-state index in [9.17, 15) is 4.79 Å². The van der Waals surface area contributed by atoms with E-state index in [0.717, 1.165) is 39.0 Å². The maximum atomic E-state index is 11.9. The van der Waals surface area contributed by atoms with Crippen LogP contribution in [0.25, 0.3) is 0 Å². The number of unbranched alkanes of at least 4 members (excludes halogenated alkanes) is 5. The Balaban J connectivity index is 2.01. The number of likely N-dealkylation sites (N-methyl/N-ethyl adjacent to an activating group) is 1. The molecular weight excluding hydrogens is 212 g/mol. The van der Waals surface area contributed by atoms with Crippen molar-refractivity contribution < 1.29 is 4.79 Å². The smallest absolute Gasteiger partial charge is 0.222 e. The standard InChI is InChI=1S/C14H28N2O/c1-3-4-5-6-7-8-9-14(17)16-12-10-15(2)11-13-16/h3-13H2,1-2H3. The fourth-order valence-electron chi connectivity index (χ4n) is 2.27. The van der Waals surface area contributed by atoms with E-state index in [1.54, 1.807) is 0 Å². The van der Waals surface area contributed by atoms with Crippen LogP contribution >= 0.6 is 0 Å². The maximum Gasteiger partial charge on any atom is 0.222 e. The zero-order chi connectivity index (χ0) is 12.5. The van der Waals surface area contributed by atoms with E-state index in [1.807, 2.05) is 4.90 Å². The fourth-order valence-corrected chi connectivity index (χ4v) is 2.27. The van der Waals surface area contributed by atoms with E-state index < -0.39 is 0 Å². The van der Waals surface area contributed by atoms with Gasteiger partial charge >= 0.3 is 0 Å². The first kappa shape index (κ1) is 14.5. The van der Waals surface area contributed by atoms with Crippen LogP contribution in [0.1, 0.15) is 51.9 Å². The lowest BCUT2D eigenvalue weighted by Crippen LogP contribution is -2.47. The van der Waals surface area contributed by atoms with Gasteiger partial charge in [0, 0.05) is 32.6 Å². The molecule has 3 nitrogen and oxygen atoms in total. The number of carbonyl (C=O) groups is 1. The summed E-state index contributed by atoms with van der Waals surface area (Å²) < 4.78 is 0. The second kappa shape index (κ2) is 8.51. The molecule has 1 heterocycles. The lowest BCUT2D eigenvalue weighted by molar-refractivity contribution is -0.132. The highest BCUT2D eigenvalue weighted by Crippen LogP contribution is 2.09. The van der Waals surface area contributed by atoms with Gasteiger partial charge in [-0.3, -0.25) is 4.79 Å². The van der Waals surface area contributed by atoms with Gasteiger partial charge in [0.05, 0.1) is 0 Å². The maximum absolute atomic E-state index is 11.9. The Morgan fingerprint density at radius 1 is 0.941 bits per heavy atom. The summed E-state index contributed by atoms with van der Waals surface area (Å²) in [4.78, 5) is 16.2. The van der Waals surface area contributed by atoms with Gasteiger partial charge in [-0.25, -0.2) is 0 Å². The van der Waals surface area contributed by atoms with Crippen LogP contribution in [0.2, 0.25) is 0 Å². The van der Waals surface area contributed by atoms with E-state index in [1.165, 1.54) is 32.1 Å². The monoisotopic (exact) mass is 240 g/mol. The number of piperazine rings is 1. The Labute approximate surface area is 106 Å². The van der Waals surface area contributed by atoms with Gasteiger partial charge in [0.25, 0.3) is 0 Å². The van der Waals surface area contributed by atoms with E-state index in [0.29, 0.717) is 5.91 Å². The molecule has 1 saturated heterocycles. The number of amides is 1. The molecule has 1 amide bonds. The molecule has 100 valence electrons. The molecular formula is C14H28N2O. The molecule has 1 rings (SSSR count). The predicted molar refractivity (Wildman–Crippen MR) is 72.1 cm³/mol. The molecule has 0 bridgehead atoms. The normalized spacial score (nSPS) is 17.4. The predicted octanol–water partition coefficient (Wildman–Crippen LogP) is 2.51. The molecule has 1 aliphatic rings. The number of hydrogen-bond acceptors (Lipinski definition) is 2. The van der Waals surface area contributed by atoms with Crippen molar-refractivity contribution >= 4 is 5.91 Å². The van der Waals surface area contributed by atoms with Gasteiger partial charge < -0.3 is 9.80 Å². The van der Waals surface area contributed by atoms with Crippen molar-refractivity contribution in [1.29, 1.82) is 0 Å². The molecule has 0 saturated carbocycles. The third-order valence-electron chi connectivity index (χ3n) is 3.60. The Morgan fingerprint density at radius 2 is 1.53 bits per heavy atom. The summed E-state index contributed by atoms with van der Waals surface area (Å²) in [5.41, 5.74) is 0. The minimum absolute atomic E-state index is 0.369. The van der Waals surface area contributed by atoms with Crippen molar-refractivity contribution in [1.82, 2.24) is 9.80 Å². The number of hydrogen-bond donors (Lipinski definition) is 0. The first-order valence-corrected chi connectivity index (χ1v) is 7.20. The third-order valence-corrected chi connectivity index (χ3v) is 3.60. The van der Waals surface area contributed by atoms with Crippen molar-refractivity contribution in [3.05, 3.63) is 0 Å². The molecule has 0 aromatic heterocycles. The summed E-state index contributed by atoms with van der Waals surface area (Å²) in [6.07, 6.45) is 8.32. The Morgan fingerprint density at radius 3 is 2.18 bits per heavy atom. The average Bonchev–Trinajstić information content (AvgIpc) is 2.34. The molecule has 0 spiro atoms. The average molecular weight is 240 g/mol. The minimum Gasteiger partial charge on any atom is -0.340 e. The first-order chi connectivity index (χ1) is 8.24. The molecule has 0 aromatic carbocycles. The lowest BCUT2D eigenvalue weighted by Gasteiger charge is -2.32. The molecule has 1 aliphatic heterocycles. The van der Waals surface area contributed by atoms with E-state index in [-0.39, 0.29) is 0 Å². The Hall–Kier alpha value is -0.570. The summed E-state index contributed by atoms with van der Waals surface area (Å²) in [5.74, 6) is 0.369. The van der Waals surface area contributed by atoms with Gasteiger partial charge in [-0.15, -0.1) is 0 Å². The zero-order valence-electron chi connectivity index (χ0n) is 11.6. The van der Waals surface area contributed by atoms with E-state index in [4.69, 9.17) is 0 Å². The second-order valence-corrected chi connectivity index (χ2v) is 5.20. The van der Waals surface area contributed by atoms with Gasteiger partial charge in [0.1, 0.15) is 0 Å². The van der Waals surface area contributed by atoms with Gasteiger partial charge in [0.2, 0.25) is 5.91 Å². The molecule has 0 N–H and O–H groups in total. The topological polar surface area (TPSA) is 23.6 Å². The number of rotatable bonds is 7. The SMILES string of the molecule is CCCCCCCCC(=O)N1CCN(C)CC1. The van der Waals surface area contributed by atoms with Crippen LogP contribution in [0.4, 0.5) is 0 Å². The van der Waals surface area contributed by atoms with E-state index in [2.05, 4.69) is 18.9 Å². The first-order valence-electron chi connectivity index (χ1n) is 7.20. The summed E-state index contributed by atoms with van der Waals surface area (Å²) >= 11 is 0. The van der Waals surface area contributed by atoms with Crippen LogP contribution in [0.5, 0.6) is 0 Å². The second-order valence-electron chi connectivity index (χ2n) is 5.20. The van der Waals surface area contributed by atoms with E-state index >= 15 is 0 Å². The Kier molecular flexibility index (Phi) is 7.25. The molecule has 3 heteroatoms. The van der Waals surface area contributed by atoms with Crippen LogP contribution in [-0.4, -0.2) is 48.9 Å². The fraction of sp³-hybridized carbons (Fsp3) is 0.929. The largest absolute Gasteiger partial charge is 0.340 e. The molecule has 0 aliphatic carbocycles. The highest BCUT2D eigenvalue weighted by molar-refractivity contribution is 5.76. The zero-order valence-corrected chi connectivity index (χ0v) is 11.6. The third kappa shape index (κ3) is 6.06. The van der Waals surface area contributed by atoms with Crippen molar-refractivity contribution in [2.45, 2.75) is 51.9 Å². The summed E-state index contributed by atoms with van der Waals surface area (Å²) in [7, 11) is 2.12. The van der Waals surface area contributed by atoms with Crippen LogP contribution in [0, 0.1) is 0 Å². The Bertz CT molecular complexity index is 210. The number of nitrogens with zero attached hydrogens (tertiary/aromatic N) is 2. The molecule has 0 atom stereocenters. The minimum atomic E-state index is 0.369. The number of carbonyl (C=O) groups excluding carboxylic acids is 1. The van der Waals surface area contributed by atoms with Crippen molar-refractivity contribution in [2.75, 3.05) is 33.2 Å². The molecule has 0 aromatic rings. The summed E-state index contributed by atoms with van der Waals surface area (Å²) in [6.45, 7) is 6.14. The van der Waals surface area contributed by atoms with Crippen molar-refractivity contribution in [2.24, 2.45) is 0 Å². The molecule has 1 fully saturated rings. The molecule has 0 unspecified atom stereocenters. The summed E-state index contributed by atoms with van der Waals surface area (Å²) in [6, 6.07) is 0. The van der Waals surface area contributed by atoms with Crippen LogP contribution in [0.15, 0.2) is 0 Å². The van der Waals surface area contributed by atoms with Gasteiger partial charge in [0.15, 0.2) is 0 Å². The highest BCUT2D eigenvalue weighted by atomic mass is 16.2. The highest BCUT2D eigenvalue weighted by Gasteiger charge is 2.17. The molecule has 0 radical (unpaired) electrons. The van der Waals surface area contributed by atoms with Crippen molar-refractivity contribution in [3.8, 4) is 0 Å². The van der Waals surface area contributed by atoms with Crippen molar-refractivity contribution in [3.63, 3.8) is 0 Å². The quantitative estimate of drug-likeness (QED) is 0.638. The van der Waals surface area contributed by atoms with Crippen LogP contribution in [-0.2, 0) is 4.79 Å². The van der Waals surface area contributed by atoms with Gasteiger partial charge in [-0.1, -0.05) is 39.0 Å². The van der Waals surface area contributed by atoms with Gasteiger partial charge in [-0.05, 0) is 13.5 Å². The van der Waals surface area contributed by atoms with Crippen LogP contribution < -0.4 is 0 Å². The van der Waals surface area contributed by atoms with Crippen LogP contribution in [0.3, 0.4) is 0 Å². The summed E-state index contributed by atoms with van der Waals surface area (Å²) in [5, 5.41) is 0. The van der Waals surface area contributed by atoms with Gasteiger partial charge in [-0.2, -0.15) is 0 Å². The molecule has 17 heavy (non-hydrogen) atoms. The lowest BCUT2D eigenvalue weighted by atomic mass is 10.1.